The van der Waals surface area contributed by atoms with Crippen molar-refractivity contribution in [3.63, 3.8) is 0 Å². The molecule has 2 aromatic carbocycles. The van der Waals surface area contributed by atoms with Gasteiger partial charge in [0.25, 0.3) is 5.91 Å². The summed E-state index contributed by atoms with van der Waals surface area (Å²) in [6.45, 7) is 2.14. The smallest absolute Gasteiger partial charge is 0.311 e. The minimum atomic E-state index is -0.929. The van der Waals surface area contributed by atoms with Crippen LogP contribution < -0.4 is 4.90 Å². The maximum absolute atomic E-state index is 14.4. The topological polar surface area (TPSA) is 87.2 Å². The number of nitrogens with zero attached hydrogens (tertiary/aromatic N) is 2. The molecular formula is C29H30N2O5S. The van der Waals surface area contributed by atoms with E-state index >= 15 is 0 Å². The quantitative estimate of drug-likeness (QED) is 0.496. The number of rotatable bonds is 3. The van der Waals surface area contributed by atoms with Crippen molar-refractivity contribution in [1.82, 2.24) is 4.90 Å². The summed E-state index contributed by atoms with van der Waals surface area (Å²) in [5, 5.41) is 11.9. The van der Waals surface area contributed by atoms with Crippen molar-refractivity contribution in [2.75, 3.05) is 24.7 Å². The highest BCUT2D eigenvalue weighted by Crippen LogP contribution is 2.61. The van der Waals surface area contributed by atoms with Gasteiger partial charge in [-0.2, -0.15) is 0 Å². The Morgan fingerprint density at radius 1 is 1.11 bits per heavy atom. The highest BCUT2D eigenvalue weighted by atomic mass is 32.2. The molecule has 4 aliphatic rings. The molecule has 4 heterocycles. The molecule has 0 radical (unpaired) electrons. The lowest BCUT2D eigenvalue weighted by Gasteiger charge is -2.37. The van der Waals surface area contributed by atoms with Crippen LogP contribution in [0.1, 0.15) is 19.8 Å². The molecule has 6 atom stereocenters. The first kappa shape index (κ1) is 24.2. The van der Waals surface area contributed by atoms with E-state index in [1.165, 1.54) is 16.7 Å². The second kappa shape index (κ2) is 9.33. The normalized spacial score (nSPS) is 33.1. The van der Waals surface area contributed by atoms with Crippen LogP contribution in [0.2, 0.25) is 0 Å². The van der Waals surface area contributed by atoms with Crippen LogP contribution >= 0.6 is 11.8 Å². The predicted molar refractivity (Wildman–Crippen MR) is 143 cm³/mol. The highest BCUT2D eigenvalue weighted by Gasteiger charge is 2.71. The molecule has 192 valence electrons. The zero-order chi connectivity index (χ0) is 25.7. The minimum absolute atomic E-state index is 0.201. The summed E-state index contributed by atoms with van der Waals surface area (Å²) in [5.74, 6) is -2.28. The number of carbonyl (C=O) groups excluding carboxylic acids is 3. The lowest BCUT2D eigenvalue weighted by atomic mass is 9.78. The summed E-state index contributed by atoms with van der Waals surface area (Å²) in [7, 11) is 0. The number of thioether (sulfide) groups is 1. The molecule has 1 spiro atoms. The molecule has 1 unspecified atom stereocenters. The Morgan fingerprint density at radius 3 is 2.73 bits per heavy atom. The van der Waals surface area contributed by atoms with Gasteiger partial charge in [0.05, 0.1) is 35.8 Å². The summed E-state index contributed by atoms with van der Waals surface area (Å²) in [4.78, 5) is 45.0. The Morgan fingerprint density at radius 2 is 1.92 bits per heavy atom. The standard InChI is InChI=1S/C29H30N2O5S/c1-18(17-32)31-25-27(34)30(21-12-11-19-8-4-5-9-20(19)16-21)14-7-13-29(25)24(26(31)33)23-22(37-29)10-3-2-6-15-36-28(23)35/h3-5,7-13,16,18,22-25,32H,2,6,14-15,17H2,1H3/b10-3-/t18-,22-,23+,24+,25?,29+/m1/s1. The lowest BCUT2D eigenvalue weighted by Crippen LogP contribution is -2.56. The van der Waals surface area contributed by atoms with Crippen LogP contribution in [0.25, 0.3) is 10.8 Å². The number of likely N-dealkylation sites (tertiary alicyclic amines) is 1. The molecule has 2 fully saturated rings. The number of carbonyl (C=O) groups is 3. The van der Waals surface area contributed by atoms with E-state index in [9.17, 15) is 19.5 Å². The van der Waals surface area contributed by atoms with Crippen molar-refractivity contribution in [3.05, 3.63) is 66.8 Å². The van der Waals surface area contributed by atoms with Gasteiger partial charge >= 0.3 is 5.97 Å². The van der Waals surface area contributed by atoms with Crippen molar-refractivity contribution in [1.29, 1.82) is 0 Å². The minimum Gasteiger partial charge on any atom is -0.465 e. The van der Waals surface area contributed by atoms with Crippen LogP contribution in [-0.4, -0.2) is 69.6 Å². The SMILES string of the molecule is C[C@H](CO)N1C(=O)[C@@H]2[C@H]3C(=O)OCCC/C=C\[C@H]3S[C@@]23C=CCN(c2ccc4ccccc4c2)C(=O)C13. The summed E-state index contributed by atoms with van der Waals surface area (Å²) >= 11 is 1.52. The number of benzene rings is 2. The van der Waals surface area contributed by atoms with E-state index in [2.05, 4.69) is 6.08 Å². The van der Waals surface area contributed by atoms with Gasteiger partial charge in [-0.05, 0) is 42.7 Å². The Labute approximate surface area is 220 Å². The molecule has 0 bridgehead atoms. The molecule has 2 saturated heterocycles. The highest BCUT2D eigenvalue weighted by molar-refractivity contribution is 8.02. The number of aliphatic hydroxyl groups is 1. The first-order valence-electron chi connectivity index (χ1n) is 12.9. The van der Waals surface area contributed by atoms with Crippen molar-refractivity contribution in [2.45, 2.75) is 41.8 Å². The van der Waals surface area contributed by atoms with Crippen LogP contribution in [-0.2, 0) is 19.1 Å². The van der Waals surface area contributed by atoms with E-state index < -0.39 is 28.7 Å². The van der Waals surface area contributed by atoms with Crippen LogP contribution in [0.5, 0.6) is 0 Å². The van der Waals surface area contributed by atoms with Crippen molar-refractivity contribution in [3.8, 4) is 0 Å². The van der Waals surface area contributed by atoms with Gasteiger partial charge < -0.3 is 19.6 Å². The van der Waals surface area contributed by atoms with Gasteiger partial charge in [-0.25, -0.2) is 0 Å². The van der Waals surface area contributed by atoms with Gasteiger partial charge in [0.2, 0.25) is 5.91 Å². The van der Waals surface area contributed by atoms with Gasteiger partial charge in [-0.15, -0.1) is 11.8 Å². The molecule has 4 aliphatic heterocycles. The van der Waals surface area contributed by atoms with E-state index in [-0.39, 0.29) is 29.6 Å². The second-order valence-electron chi connectivity index (χ2n) is 10.2. The first-order chi connectivity index (χ1) is 18.0. The van der Waals surface area contributed by atoms with Crippen molar-refractivity contribution in [2.24, 2.45) is 11.8 Å². The van der Waals surface area contributed by atoms with Crippen LogP contribution in [0.3, 0.4) is 0 Å². The van der Waals surface area contributed by atoms with E-state index in [0.717, 1.165) is 29.3 Å². The van der Waals surface area contributed by atoms with E-state index in [1.807, 2.05) is 60.7 Å². The third-order valence-corrected chi connectivity index (χ3v) is 9.82. The Bertz CT molecular complexity index is 1320. The number of esters is 1. The number of anilines is 1. The molecule has 7 nitrogen and oxygen atoms in total. The third kappa shape index (κ3) is 3.72. The van der Waals surface area contributed by atoms with Crippen LogP contribution in [0.4, 0.5) is 5.69 Å². The number of amides is 2. The fraction of sp³-hybridized carbons (Fsp3) is 0.414. The fourth-order valence-electron chi connectivity index (χ4n) is 6.33. The Balaban J connectivity index is 1.47. The molecule has 2 aromatic rings. The summed E-state index contributed by atoms with van der Waals surface area (Å²) in [5.41, 5.74) is 0.753. The third-order valence-electron chi connectivity index (χ3n) is 8.07. The number of fused-ring (bicyclic) bond motifs is 3. The number of hydrogen-bond donors (Lipinski definition) is 1. The molecule has 37 heavy (non-hydrogen) atoms. The number of cyclic esters (lactones) is 1. The summed E-state index contributed by atoms with van der Waals surface area (Å²) in [6, 6.07) is 12.5. The average molecular weight is 519 g/mol. The van der Waals surface area contributed by atoms with Crippen LogP contribution in [0.15, 0.2) is 66.8 Å². The van der Waals surface area contributed by atoms with Gasteiger partial charge in [0.1, 0.15) is 6.04 Å². The predicted octanol–water partition coefficient (Wildman–Crippen LogP) is 3.31. The lowest BCUT2D eigenvalue weighted by molar-refractivity contribution is -0.153. The van der Waals surface area contributed by atoms with Gasteiger partial charge in [-0.1, -0.05) is 54.6 Å². The monoisotopic (exact) mass is 518 g/mol. The largest absolute Gasteiger partial charge is 0.465 e. The zero-order valence-electron chi connectivity index (χ0n) is 20.7. The van der Waals surface area contributed by atoms with Crippen molar-refractivity contribution < 1.29 is 24.2 Å². The maximum Gasteiger partial charge on any atom is 0.311 e. The molecule has 0 aliphatic carbocycles. The molecule has 2 amide bonds. The van der Waals surface area contributed by atoms with Gasteiger partial charge in [0, 0.05) is 17.5 Å². The number of allylic oxidation sites excluding steroid dienone is 1. The first-order valence-corrected chi connectivity index (χ1v) is 13.8. The molecule has 0 saturated carbocycles. The van der Waals surface area contributed by atoms with E-state index in [4.69, 9.17) is 4.74 Å². The van der Waals surface area contributed by atoms with Gasteiger partial charge in [0.15, 0.2) is 0 Å². The number of hydrogen-bond acceptors (Lipinski definition) is 6. The Kier molecular flexibility index (Phi) is 6.12. The summed E-state index contributed by atoms with van der Waals surface area (Å²) < 4.78 is 4.66. The fourth-order valence-corrected chi connectivity index (χ4v) is 8.32. The molecule has 6 rings (SSSR count). The number of ether oxygens (including phenoxy) is 1. The van der Waals surface area contributed by atoms with Crippen LogP contribution in [0, 0.1) is 11.8 Å². The van der Waals surface area contributed by atoms with Crippen molar-refractivity contribution >= 4 is 46.0 Å². The average Bonchev–Trinajstić information content (AvgIpc) is 3.33. The van der Waals surface area contributed by atoms with E-state index in [1.54, 1.807) is 11.8 Å². The zero-order valence-corrected chi connectivity index (χ0v) is 21.5. The number of aliphatic hydroxyl groups excluding tert-OH is 1. The maximum atomic E-state index is 14.4. The molecule has 1 N–H and O–H groups in total. The van der Waals surface area contributed by atoms with Gasteiger partial charge in [-0.3, -0.25) is 14.4 Å². The van der Waals surface area contributed by atoms with E-state index in [0.29, 0.717) is 13.2 Å². The molecular weight excluding hydrogens is 488 g/mol. The Hall–Kier alpha value is -3.10. The summed E-state index contributed by atoms with van der Waals surface area (Å²) in [6.07, 6.45) is 9.54. The second-order valence-corrected chi connectivity index (χ2v) is 11.7. The molecule has 8 heteroatoms. The molecule has 0 aromatic heterocycles.